The van der Waals surface area contributed by atoms with Gasteiger partial charge in [-0.3, -0.25) is 0 Å². The Kier molecular flexibility index (Phi) is 2.01. The molecule has 0 saturated heterocycles. The van der Waals surface area contributed by atoms with E-state index in [1.54, 1.807) is 0 Å². The van der Waals surface area contributed by atoms with Crippen LogP contribution in [0.5, 0.6) is 0 Å². The smallest absolute Gasteiger partial charge is 0.0499 e. The predicted octanol–water partition coefficient (Wildman–Crippen LogP) is 3.09. The molecule has 1 aliphatic rings. The lowest BCUT2D eigenvalue weighted by Crippen LogP contribution is -2.20. The number of aryl methyl sites for hydroxylation is 1. The largest absolute Gasteiger partial charge is 0.343 e. The van der Waals surface area contributed by atoms with Gasteiger partial charge >= 0.3 is 0 Å². The average molecular weight is 221 g/mol. The van der Waals surface area contributed by atoms with Crippen LogP contribution in [0.15, 0.2) is 24.3 Å². The maximum Gasteiger partial charge on any atom is 0.0499 e. The first kappa shape index (κ1) is 9.25. The number of fused-ring (bicyclic) bond motifs is 3. The number of nitrogens with zero attached hydrogens (tertiary/aromatic N) is 1. The van der Waals surface area contributed by atoms with Crippen LogP contribution in [0.3, 0.4) is 0 Å². The summed E-state index contributed by atoms with van der Waals surface area (Å²) in [5.41, 5.74) is 8.54. The summed E-state index contributed by atoms with van der Waals surface area (Å²) >= 11 is 6.17. The number of benzene rings is 1. The molecule has 0 saturated carbocycles. The Balaban J connectivity index is 2.35. The van der Waals surface area contributed by atoms with E-state index in [0.717, 1.165) is 29.8 Å². The highest BCUT2D eigenvalue weighted by atomic mass is 35.5. The highest BCUT2D eigenvalue weighted by Crippen LogP contribution is 2.33. The van der Waals surface area contributed by atoms with E-state index in [2.05, 4.69) is 16.7 Å². The Morgan fingerprint density at radius 1 is 1.40 bits per heavy atom. The maximum atomic E-state index is 6.17. The van der Waals surface area contributed by atoms with Gasteiger partial charge in [0.05, 0.1) is 0 Å². The van der Waals surface area contributed by atoms with Crippen molar-refractivity contribution in [3.8, 4) is 0 Å². The van der Waals surface area contributed by atoms with Gasteiger partial charge < -0.3 is 10.3 Å². The molecule has 0 fully saturated rings. The number of hydrogen-bond acceptors (Lipinski definition) is 1. The Morgan fingerprint density at radius 2 is 2.27 bits per heavy atom. The highest BCUT2D eigenvalue weighted by molar-refractivity contribution is 6.35. The van der Waals surface area contributed by atoms with Crippen molar-refractivity contribution in [1.29, 1.82) is 0 Å². The van der Waals surface area contributed by atoms with Gasteiger partial charge in [-0.25, -0.2) is 0 Å². The number of hydrogen-bond donors (Lipinski definition) is 1. The molecular formula is C12H13ClN2. The van der Waals surface area contributed by atoms with Gasteiger partial charge in [0.25, 0.3) is 0 Å². The van der Waals surface area contributed by atoms with Crippen molar-refractivity contribution in [1.82, 2.24) is 4.57 Å². The second-order valence-corrected chi connectivity index (χ2v) is 4.55. The molecule has 1 aliphatic heterocycles. The first-order valence-corrected chi connectivity index (χ1v) is 5.68. The lowest BCUT2D eigenvalue weighted by atomic mass is 10.1. The molecule has 2 aromatic rings. The van der Waals surface area contributed by atoms with Crippen LogP contribution >= 0.6 is 11.6 Å². The molecule has 1 unspecified atom stereocenters. The molecule has 1 aromatic carbocycles. The minimum Gasteiger partial charge on any atom is -0.343 e. The van der Waals surface area contributed by atoms with Crippen molar-refractivity contribution in [3.63, 3.8) is 0 Å². The lowest BCUT2D eigenvalue weighted by Gasteiger charge is -2.21. The van der Waals surface area contributed by atoms with Crippen molar-refractivity contribution >= 4 is 22.5 Å². The zero-order valence-corrected chi connectivity index (χ0v) is 9.17. The van der Waals surface area contributed by atoms with Crippen molar-refractivity contribution in [2.24, 2.45) is 5.73 Å². The van der Waals surface area contributed by atoms with E-state index < -0.39 is 0 Å². The molecule has 0 aliphatic carbocycles. The Labute approximate surface area is 93.6 Å². The fourth-order valence-corrected chi connectivity index (χ4v) is 2.67. The molecule has 2 nitrogen and oxygen atoms in total. The van der Waals surface area contributed by atoms with Crippen molar-refractivity contribution in [2.75, 3.05) is 0 Å². The van der Waals surface area contributed by atoms with Crippen LogP contribution in [0.25, 0.3) is 10.9 Å². The van der Waals surface area contributed by atoms with Gasteiger partial charge in [-0.05, 0) is 31.0 Å². The topological polar surface area (TPSA) is 30.9 Å². The van der Waals surface area contributed by atoms with Crippen LogP contribution in [-0.2, 0) is 6.54 Å². The monoisotopic (exact) mass is 220 g/mol. The Bertz CT molecular complexity index is 516. The molecule has 1 atom stereocenters. The molecular weight excluding hydrogens is 208 g/mol. The third-order valence-corrected chi connectivity index (χ3v) is 3.53. The minimum atomic E-state index is 0.169. The zero-order chi connectivity index (χ0) is 10.4. The second kappa shape index (κ2) is 3.26. The summed E-state index contributed by atoms with van der Waals surface area (Å²) in [4.78, 5) is 0. The molecule has 78 valence electrons. The average Bonchev–Trinajstić information content (AvgIpc) is 2.60. The van der Waals surface area contributed by atoms with Crippen molar-refractivity contribution in [3.05, 3.63) is 35.0 Å². The first-order valence-electron chi connectivity index (χ1n) is 5.30. The van der Waals surface area contributed by atoms with Crippen LogP contribution in [0.4, 0.5) is 0 Å². The van der Waals surface area contributed by atoms with E-state index >= 15 is 0 Å². The van der Waals surface area contributed by atoms with E-state index in [9.17, 15) is 0 Å². The van der Waals surface area contributed by atoms with Gasteiger partial charge in [0.1, 0.15) is 0 Å². The Morgan fingerprint density at radius 3 is 3.13 bits per heavy atom. The van der Waals surface area contributed by atoms with E-state index in [1.165, 1.54) is 11.2 Å². The maximum absolute atomic E-state index is 6.17. The molecule has 2 N–H and O–H groups in total. The summed E-state index contributed by atoms with van der Waals surface area (Å²) in [5.74, 6) is 0. The summed E-state index contributed by atoms with van der Waals surface area (Å²) in [6, 6.07) is 8.35. The van der Waals surface area contributed by atoms with Crippen molar-refractivity contribution < 1.29 is 0 Å². The summed E-state index contributed by atoms with van der Waals surface area (Å²) in [5, 5.41) is 1.95. The first-order chi connectivity index (χ1) is 7.27. The van der Waals surface area contributed by atoms with Gasteiger partial charge in [0.15, 0.2) is 0 Å². The van der Waals surface area contributed by atoms with Gasteiger partial charge in [-0.1, -0.05) is 17.7 Å². The van der Waals surface area contributed by atoms with Gasteiger partial charge in [0, 0.05) is 34.2 Å². The van der Waals surface area contributed by atoms with Gasteiger partial charge in [0.2, 0.25) is 0 Å². The molecule has 3 heteroatoms. The zero-order valence-electron chi connectivity index (χ0n) is 8.41. The molecule has 0 spiro atoms. The van der Waals surface area contributed by atoms with E-state index in [1.807, 2.05) is 12.1 Å². The Hall–Kier alpha value is -0.990. The van der Waals surface area contributed by atoms with Crippen LogP contribution in [0.2, 0.25) is 5.02 Å². The third-order valence-electron chi connectivity index (χ3n) is 3.20. The molecule has 15 heavy (non-hydrogen) atoms. The predicted molar refractivity (Wildman–Crippen MR) is 63.1 cm³/mol. The molecule has 0 bridgehead atoms. The fourth-order valence-electron chi connectivity index (χ4n) is 2.44. The SMILES string of the molecule is NC1CCCn2c1cc1c(Cl)cccc12. The van der Waals surface area contributed by atoms with E-state index in [0.29, 0.717) is 0 Å². The van der Waals surface area contributed by atoms with Crippen LogP contribution in [0, 0.1) is 0 Å². The van der Waals surface area contributed by atoms with Gasteiger partial charge in [-0.2, -0.15) is 0 Å². The molecule has 0 amide bonds. The number of halogens is 1. The van der Waals surface area contributed by atoms with Crippen LogP contribution < -0.4 is 5.73 Å². The van der Waals surface area contributed by atoms with Crippen LogP contribution in [-0.4, -0.2) is 4.57 Å². The standard InChI is InChI=1S/C12H13ClN2/c13-9-3-1-5-11-8(9)7-12-10(14)4-2-6-15(11)12/h1,3,5,7,10H,2,4,6,14H2. The van der Waals surface area contributed by atoms with Gasteiger partial charge in [-0.15, -0.1) is 0 Å². The quantitative estimate of drug-likeness (QED) is 0.727. The van der Waals surface area contributed by atoms with E-state index in [-0.39, 0.29) is 6.04 Å². The minimum absolute atomic E-state index is 0.169. The summed E-state index contributed by atoms with van der Waals surface area (Å²) in [7, 11) is 0. The van der Waals surface area contributed by atoms with Crippen molar-refractivity contribution in [2.45, 2.75) is 25.4 Å². The number of aromatic nitrogens is 1. The molecule has 3 rings (SSSR count). The number of nitrogens with two attached hydrogens (primary N) is 1. The van der Waals surface area contributed by atoms with E-state index in [4.69, 9.17) is 17.3 Å². The third kappa shape index (κ3) is 1.29. The molecule has 1 aromatic heterocycles. The number of rotatable bonds is 0. The van der Waals surface area contributed by atoms with Crippen LogP contribution in [0.1, 0.15) is 24.6 Å². The highest BCUT2D eigenvalue weighted by Gasteiger charge is 2.19. The molecule has 2 heterocycles. The summed E-state index contributed by atoms with van der Waals surface area (Å²) in [6.07, 6.45) is 2.23. The summed E-state index contributed by atoms with van der Waals surface area (Å²) < 4.78 is 2.30. The molecule has 0 radical (unpaired) electrons. The fraction of sp³-hybridized carbons (Fsp3) is 0.333. The lowest BCUT2D eigenvalue weighted by molar-refractivity contribution is 0.471. The second-order valence-electron chi connectivity index (χ2n) is 4.14. The normalized spacial score (nSPS) is 20.5. The summed E-state index contributed by atoms with van der Waals surface area (Å²) in [6.45, 7) is 1.06.